The van der Waals surface area contributed by atoms with Gasteiger partial charge < -0.3 is 10.2 Å². The smallest absolute Gasteiger partial charge is 0.243 e. The van der Waals surface area contributed by atoms with E-state index in [0.29, 0.717) is 22.2 Å². The minimum absolute atomic E-state index is 0.205. The maximum atomic E-state index is 9.10. The van der Waals surface area contributed by atoms with Gasteiger partial charge in [-0.15, -0.1) is 0 Å². The van der Waals surface area contributed by atoms with Gasteiger partial charge in [-0.3, -0.25) is 5.43 Å². The van der Waals surface area contributed by atoms with E-state index in [0.717, 1.165) is 0 Å². The zero-order valence-electron chi connectivity index (χ0n) is 11.4. The van der Waals surface area contributed by atoms with Crippen molar-refractivity contribution in [1.82, 2.24) is 15.0 Å². The zero-order chi connectivity index (χ0) is 15.4. The molecule has 0 aliphatic carbocycles. The van der Waals surface area contributed by atoms with Gasteiger partial charge in [0.1, 0.15) is 6.07 Å². The average Bonchev–Trinajstić information content (AvgIpc) is 2.47. The minimum Gasteiger partial charge on any atom is -0.347 e. The summed E-state index contributed by atoms with van der Waals surface area (Å²) in [6.07, 6.45) is 0. The second-order valence-corrected chi connectivity index (χ2v) is 4.68. The molecule has 108 valence electrons. The molecular formula is C12H13ClN8. The fourth-order valence-electron chi connectivity index (χ4n) is 1.52. The molecule has 8 nitrogen and oxygen atoms in total. The predicted octanol–water partition coefficient (Wildman–Crippen LogP) is 1.49. The van der Waals surface area contributed by atoms with Crippen molar-refractivity contribution < 1.29 is 0 Å². The minimum atomic E-state index is 0.205. The second kappa shape index (κ2) is 6.21. The summed E-state index contributed by atoms with van der Waals surface area (Å²) < 4.78 is 0. The molecule has 0 atom stereocenters. The Bertz CT molecular complexity index is 694. The Labute approximate surface area is 126 Å². The van der Waals surface area contributed by atoms with E-state index in [-0.39, 0.29) is 11.9 Å². The number of hydrogen-bond donors (Lipinski definition) is 3. The molecule has 0 bridgehead atoms. The van der Waals surface area contributed by atoms with Crippen LogP contribution in [0, 0.1) is 11.3 Å². The third kappa shape index (κ3) is 3.47. The quantitative estimate of drug-likeness (QED) is 0.574. The summed E-state index contributed by atoms with van der Waals surface area (Å²) in [5.41, 5.74) is 3.30. The first-order valence-corrected chi connectivity index (χ1v) is 6.28. The van der Waals surface area contributed by atoms with Gasteiger partial charge >= 0.3 is 0 Å². The maximum absolute atomic E-state index is 9.10. The molecule has 0 saturated heterocycles. The van der Waals surface area contributed by atoms with Crippen molar-refractivity contribution >= 4 is 35.1 Å². The van der Waals surface area contributed by atoms with E-state index in [4.69, 9.17) is 22.7 Å². The summed E-state index contributed by atoms with van der Waals surface area (Å²) in [6, 6.07) is 6.93. The van der Waals surface area contributed by atoms with Crippen LogP contribution in [0.25, 0.3) is 0 Å². The molecule has 9 heteroatoms. The molecule has 0 unspecified atom stereocenters. The SMILES string of the molecule is CN(C)c1nc(NN)nc(Nc2cc(Cl)ccc2C#N)n1. The van der Waals surface area contributed by atoms with Gasteiger partial charge in [0.2, 0.25) is 17.8 Å². The van der Waals surface area contributed by atoms with Crippen molar-refractivity contribution in [1.29, 1.82) is 5.26 Å². The van der Waals surface area contributed by atoms with Crippen LogP contribution in [-0.2, 0) is 0 Å². The van der Waals surface area contributed by atoms with Crippen molar-refractivity contribution in [2.45, 2.75) is 0 Å². The van der Waals surface area contributed by atoms with E-state index in [1.165, 1.54) is 0 Å². The van der Waals surface area contributed by atoms with Gasteiger partial charge in [-0.05, 0) is 18.2 Å². The van der Waals surface area contributed by atoms with Gasteiger partial charge in [0.25, 0.3) is 0 Å². The molecule has 0 aliphatic heterocycles. The summed E-state index contributed by atoms with van der Waals surface area (Å²) in [5.74, 6) is 6.21. The molecule has 4 N–H and O–H groups in total. The number of nitrogen functional groups attached to an aromatic ring is 1. The topological polar surface area (TPSA) is 116 Å². The predicted molar refractivity (Wildman–Crippen MR) is 81.4 cm³/mol. The number of nitrogens with two attached hydrogens (primary N) is 1. The zero-order valence-corrected chi connectivity index (χ0v) is 12.2. The van der Waals surface area contributed by atoms with Crippen LogP contribution in [0.5, 0.6) is 0 Å². The van der Waals surface area contributed by atoms with Crippen LogP contribution in [-0.4, -0.2) is 29.0 Å². The monoisotopic (exact) mass is 304 g/mol. The number of nitriles is 1. The Morgan fingerprint density at radius 3 is 2.57 bits per heavy atom. The van der Waals surface area contributed by atoms with E-state index < -0.39 is 0 Å². The van der Waals surface area contributed by atoms with Crippen molar-refractivity contribution in [2.75, 3.05) is 29.7 Å². The van der Waals surface area contributed by atoms with Crippen LogP contribution in [0.2, 0.25) is 5.02 Å². The van der Waals surface area contributed by atoms with Crippen LogP contribution >= 0.6 is 11.6 Å². The molecule has 0 spiro atoms. The molecule has 2 rings (SSSR count). The lowest BCUT2D eigenvalue weighted by Gasteiger charge is -2.13. The Balaban J connectivity index is 2.42. The van der Waals surface area contributed by atoms with Gasteiger partial charge in [0, 0.05) is 19.1 Å². The highest BCUT2D eigenvalue weighted by molar-refractivity contribution is 6.30. The van der Waals surface area contributed by atoms with Gasteiger partial charge in [-0.25, -0.2) is 5.84 Å². The molecule has 2 aromatic rings. The molecular weight excluding hydrogens is 292 g/mol. The standard InChI is InChI=1S/C12H13ClN8/c1-21(2)12-18-10(17-11(19-12)20-15)16-9-5-8(13)4-3-7(9)6-14/h3-5H,15H2,1-2H3,(H2,16,17,18,19,20). The molecule has 0 amide bonds. The Morgan fingerprint density at radius 2 is 1.95 bits per heavy atom. The molecule has 21 heavy (non-hydrogen) atoms. The number of hydrazine groups is 1. The van der Waals surface area contributed by atoms with Crippen LogP contribution in [0.3, 0.4) is 0 Å². The maximum Gasteiger partial charge on any atom is 0.243 e. The van der Waals surface area contributed by atoms with Crippen LogP contribution in [0.4, 0.5) is 23.5 Å². The van der Waals surface area contributed by atoms with E-state index in [9.17, 15) is 0 Å². The van der Waals surface area contributed by atoms with Crippen molar-refractivity contribution in [3.63, 3.8) is 0 Å². The Morgan fingerprint density at radius 1 is 1.24 bits per heavy atom. The molecule has 0 radical (unpaired) electrons. The summed E-state index contributed by atoms with van der Waals surface area (Å²) in [5, 5.41) is 12.5. The Kier molecular flexibility index (Phi) is 4.37. The second-order valence-electron chi connectivity index (χ2n) is 4.25. The Hall–Kier alpha value is -2.63. The van der Waals surface area contributed by atoms with Crippen LogP contribution < -0.4 is 21.5 Å². The first-order chi connectivity index (χ1) is 10.0. The third-order valence-corrected chi connectivity index (χ3v) is 2.74. The third-order valence-electron chi connectivity index (χ3n) is 2.50. The van der Waals surface area contributed by atoms with Gasteiger partial charge in [0.05, 0.1) is 11.3 Å². The first-order valence-electron chi connectivity index (χ1n) is 5.90. The number of rotatable bonds is 4. The van der Waals surface area contributed by atoms with E-state index in [1.54, 1.807) is 37.2 Å². The number of nitrogens with one attached hydrogen (secondary N) is 2. The number of benzene rings is 1. The summed E-state index contributed by atoms with van der Waals surface area (Å²) in [4.78, 5) is 14.1. The highest BCUT2D eigenvalue weighted by Crippen LogP contribution is 2.23. The highest BCUT2D eigenvalue weighted by Gasteiger charge is 2.10. The lowest BCUT2D eigenvalue weighted by atomic mass is 10.2. The van der Waals surface area contributed by atoms with Crippen molar-refractivity contribution in [2.24, 2.45) is 5.84 Å². The van der Waals surface area contributed by atoms with E-state index >= 15 is 0 Å². The molecule has 0 saturated carbocycles. The fourth-order valence-corrected chi connectivity index (χ4v) is 1.70. The molecule has 0 aliphatic rings. The van der Waals surface area contributed by atoms with Crippen molar-refractivity contribution in [3.8, 4) is 6.07 Å². The summed E-state index contributed by atoms with van der Waals surface area (Å²) in [6.45, 7) is 0. The summed E-state index contributed by atoms with van der Waals surface area (Å²) >= 11 is 5.94. The van der Waals surface area contributed by atoms with Crippen molar-refractivity contribution in [3.05, 3.63) is 28.8 Å². The summed E-state index contributed by atoms with van der Waals surface area (Å²) in [7, 11) is 3.58. The lowest BCUT2D eigenvalue weighted by Crippen LogP contribution is -2.18. The highest BCUT2D eigenvalue weighted by atomic mass is 35.5. The normalized spacial score (nSPS) is 9.86. The number of hydrogen-bond acceptors (Lipinski definition) is 8. The van der Waals surface area contributed by atoms with Gasteiger partial charge in [0.15, 0.2) is 0 Å². The molecule has 1 aromatic carbocycles. The largest absolute Gasteiger partial charge is 0.347 e. The van der Waals surface area contributed by atoms with Crippen LogP contribution in [0.15, 0.2) is 18.2 Å². The number of nitrogens with zero attached hydrogens (tertiary/aromatic N) is 5. The number of aromatic nitrogens is 3. The van der Waals surface area contributed by atoms with Gasteiger partial charge in [-0.1, -0.05) is 11.6 Å². The van der Waals surface area contributed by atoms with E-state index in [1.807, 2.05) is 0 Å². The van der Waals surface area contributed by atoms with E-state index in [2.05, 4.69) is 31.8 Å². The lowest BCUT2D eigenvalue weighted by molar-refractivity contribution is 0.957. The number of anilines is 4. The van der Waals surface area contributed by atoms with Gasteiger partial charge in [-0.2, -0.15) is 20.2 Å². The number of halogens is 1. The fraction of sp³-hybridized carbons (Fsp3) is 0.167. The van der Waals surface area contributed by atoms with Crippen LogP contribution in [0.1, 0.15) is 5.56 Å². The first kappa shape index (κ1) is 14.8. The molecule has 0 fully saturated rings. The molecule has 1 heterocycles. The molecule has 1 aromatic heterocycles. The average molecular weight is 305 g/mol.